The molecule has 2 aromatic rings. The molecule has 1 aromatic heterocycles. The molecular weight excluding hydrogens is 242 g/mol. The number of nitrogens with two attached hydrogens (primary N) is 1. The van der Waals surface area contributed by atoms with Crippen molar-refractivity contribution in [2.24, 2.45) is 0 Å². The molecular formula is C14H17N3S. The van der Waals surface area contributed by atoms with Crippen LogP contribution in [0.15, 0.2) is 23.6 Å². The van der Waals surface area contributed by atoms with Gasteiger partial charge in [0.15, 0.2) is 0 Å². The Morgan fingerprint density at radius 3 is 3.11 bits per heavy atom. The van der Waals surface area contributed by atoms with Crippen LogP contribution in [0.25, 0.3) is 0 Å². The summed E-state index contributed by atoms with van der Waals surface area (Å²) in [6.45, 7) is 5.05. The highest BCUT2D eigenvalue weighted by Gasteiger charge is 2.18. The van der Waals surface area contributed by atoms with Crippen LogP contribution in [0.4, 0.5) is 5.69 Å². The maximum absolute atomic E-state index is 6.01. The van der Waals surface area contributed by atoms with Crippen molar-refractivity contribution in [3.8, 4) is 0 Å². The van der Waals surface area contributed by atoms with Crippen LogP contribution in [-0.4, -0.2) is 16.4 Å². The van der Waals surface area contributed by atoms with Crippen LogP contribution in [0.5, 0.6) is 0 Å². The first-order valence-electron chi connectivity index (χ1n) is 6.22. The molecule has 3 rings (SSSR count). The first kappa shape index (κ1) is 11.7. The third-order valence-corrected chi connectivity index (χ3v) is 4.26. The second-order valence-corrected chi connectivity index (χ2v) is 5.87. The number of rotatable bonds is 2. The number of thiazole rings is 1. The van der Waals surface area contributed by atoms with Gasteiger partial charge in [-0.25, -0.2) is 4.98 Å². The molecule has 0 amide bonds. The van der Waals surface area contributed by atoms with E-state index in [0.717, 1.165) is 36.8 Å². The molecule has 0 radical (unpaired) electrons. The zero-order chi connectivity index (χ0) is 12.5. The van der Waals surface area contributed by atoms with E-state index in [9.17, 15) is 0 Å². The maximum atomic E-state index is 6.01. The number of fused-ring (bicyclic) bond motifs is 1. The number of anilines is 1. The van der Waals surface area contributed by atoms with Gasteiger partial charge < -0.3 is 5.73 Å². The van der Waals surface area contributed by atoms with Gasteiger partial charge in [-0.3, -0.25) is 4.90 Å². The molecule has 0 spiro atoms. The summed E-state index contributed by atoms with van der Waals surface area (Å²) in [6.07, 6.45) is 1.05. The fraction of sp³-hybridized carbons (Fsp3) is 0.357. The zero-order valence-corrected chi connectivity index (χ0v) is 11.3. The van der Waals surface area contributed by atoms with Crippen molar-refractivity contribution < 1.29 is 0 Å². The predicted octanol–water partition coefficient (Wildman–Crippen LogP) is 2.59. The quantitative estimate of drug-likeness (QED) is 0.843. The molecule has 0 bridgehead atoms. The van der Waals surface area contributed by atoms with Gasteiger partial charge in [0.05, 0.1) is 10.7 Å². The van der Waals surface area contributed by atoms with Gasteiger partial charge in [-0.1, -0.05) is 12.1 Å². The standard InChI is InChI=1S/C14H17N3S/c1-10-16-12(9-18-10)8-17-6-5-13-11(7-17)3-2-4-14(13)15/h2-4,9H,5-8,15H2,1H3. The Labute approximate surface area is 111 Å². The summed E-state index contributed by atoms with van der Waals surface area (Å²) >= 11 is 1.72. The summed E-state index contributed by atoms with van der Waals surface area (Å²) in [7, 11) is 0. The van der Waals surface area contributed by atoms with E-state index in [1.54, 1.807) is 11.3 Å². The largest absolute Gasteiger partial charge is 0.398 e. The molecule has 0 aliphatic carbocycles. The fourth-order valence-corrected chi connectivity index (χ4v) is 3.15. The van der Waals surface area contributed by atoms with Crippen molar-refractivity contribution >= 4 is 17.0 Å². The van der Waals surface area contributed by atoms with Crippen LogP contribution in [0.2, 0.25) is 0 Å². The van der Waals surface area contributed by atoms with Gasteiger partial charge in [-0.2, -0.15) is 0 Å². The third kappa shape index (κ3) is 2.26. The van der Waals surface area contributed by atoms with E-state index in [-0.39, 0.29) is 0 Å². The Kier molecular flexibility index (Phi) is 3.06. The first-order chi connectivity index (χ1) is 8.72. The van der Waals surface area contributed by atoms with Crippen LogP contribution in [0.3, 0.4) is 0 Å². The Morgan fingerprint density at radius 2 is 2.33 bits per heavy atom. The summed E-state index contributed by atoms with van der Waals surface area (Å²) in [4.78, 5) is 6.97. The second-order valence-electron chi connectivity index (χ2n) is 4.80. The third-order valence-electron chi connectivity index (χ3n) is 3.43. The van der Waals surface area contributed by atoms with Crippen molar-refractivity contribution in [3.63, 3.8) is 0 Å². The zero-order valence-electron chi connectivity index (χ0n) is 10.5. The highest BCUT2D eigenvalue weighted by Crippen LogP contribution is 2.25. The molecule has 0 atom stereocenters. The maximum Gasteiger partial charge on any atom is 0.0897 e. The summed E-state index contributed by atoms with van der Waals surface area (Å²) in [5.74, 6) is 0. The van der Waals surface area contributed by atoms with Crippen LogP contribution < -0.4 is 5.73 Å². The smallest absolute Gasteiger partial charge is 0.0897 e. The Hall–Kier alpha value is -1.39. The molecule has 0 saturated heterocycles. The van der Waals surface area contributed by atoms with Gasteiger partial charge in [0, 0.05) is 30.7 Å². The molecule has 0 saturated carbocycles. The van der Waals surface area contributed by atoms with Crippen molar-refractivity contribution in [2.45, 2.75) is 26.4 Å². The van der Waals surface area contributed by atoms with Crippen molar-refractivity contribution in [2.75, 3.05) is 12.3 Å². The molecule has 1 aromatic carbocycles. The Morgan fingerprint density at radius 1 is 1.44 bits per heavy atom. The van der Waals surface area contributed by atoms with Gasteiger partial charge in [0.1, 0.15) is 0 Å². The van der Waals surface area contributed by atoms with E-state index in [0.29, 0.717) is 0 Å². The fourth-order valence-electron chi connectivity index (χ4n) is 2.54. The van der Waals surface area contributed by atoms with Gasteiger partial charge >= 0.3 is 0 Å². The second kappa shape index (κ2) is 4.71. The number of benzene rings is 1. The average molecular weight is 259 g/mol. The Balaban J connectivity index is 1.75. The van der Waals surface area contributed by atoms with Crippen molar-refractivity contribution in [1.82, 2.24) is 9.88 Å². The van der Waals surface area contributed by atoms with Gasteiger partial charge in [-0.05, 0) is 30.5 Å². The number of nitrogens with zero attached hydrogens (tertiary/aromatic N) is 2. The van der Waals surface area contributed by atoms with Crippen LogP contribution >= 0.6 is 11.3 Å². The first-order valence-corrected chi connectivity index (χ1v) is 7.10. The van der Waals surface area contributed by atoms with E-state index >= 15 is 0 Å². The summed E-state index contributed by atoms with van der Waals surface area (Å²) in [5, 5.41) is 3.30. The van der Waals surface area contributed by atoms with Crippen LogP contribution in [0, 0.1) is 6.92 Å². The van der Waals surface area contributed by atoms with Crippen LogP contribution in [0.1, 0.15) is 21.8 Å². The summed E-state index contributed by atoms with van der Waals surface area (Å²) in [5.41, 5.74) is 10.8. The minimum Gasteiger partial charge on any atom is -0.398 e. The van der Waals surface area contributed by atoms with Crippen molar-refractivity contribution in [1.29, 1.82) is 0 Å². The number of hydrogen-bond donors (Lipinski definition) is 1. The molecule has 4 heteroatoms. The number of hydrogen-bond acceptors (Lipinski definition) is 4. The normalized spacial score (nSPS) is 15.6. The molecule has 2 heterocycles. The number of nitrogen functional groups attached to an aromatic ring is 1. The lowest BCUT2D eigenvalue weighted by Crippen LogP contribution is -2.30. The lowest BCUT2D eigenvalue weighted by atomic mass is 9.98. The summed E-state index contributed by atoms with van der Waals surface area (Å²) in [6, 6.07) is 6.23. The summed E-state index contributed by atoms with van der Waals surface area (Å²) < 4.78 is 0. The van der Waals surface area contributed by atoms with Crippen LogP contribution in [-0.2, 0) is 19.5 Å². The number of aromatic nitrogens is 1. The van der Waals surface area contributed by atoms with Gasteiger partial charge in [0.2, 0.25) is 0 Å². The highest BCUT2D eigenvalue weighted by atomic mass is 32.1. The predicted molar refractivity (Wildman–Crippen MR) is 75.5 cm³/mol. The lowest BCUT2D eigenvalue weighted by Gasteiger charge is -2.28. The molecule has 1 aliphatic rings. The SMILES string of the molecule is Cc1nc(CN2CCc3c(N)cccc3C2)cs1. The lowest BCUT2D eigenvalue weighted by molar-refractivity contribution is 0.243. The molecule has 94 valence electrons. The molecule has 1 aliphatic heterocycles. The van der Waals surface area contributed by atoms with Gasteiger partial charge in [0.25, 0.3) is 0 Å². The van der Waals surface area contributed by atoms with Crippen molar-refractivity contribution in [3.05, 3.63) is 45.4 Å². The minimum absolute atomic E-state index is 0.941. The Bertz CT molecular complexity index is 562. The van der Waals surface area contributed by atoms with E-state index in [1.165, 1.54) is 16.8 Å². The highest BCUT2D eigenvalue weighted by molar-refractivity contribution is 7.09. The molecule has 18 heavy (non-hydrogen) atoms. The monoisotopic (exact) mass is 259 g/mol. The number of aryl methyl sites for hydroxylation is 1. The van der Waals surface area contributed by atoms with E-state index in [2.05, 4.69) is 28.3 Å². The molecule has 0 unspecified atom stereocenters. The van der Waals surface area contributed by atoms with E-state index in [1.807, 2.05) is 12.1 Å². The molecule has 0 fully saturated rings. The molecule has 3 nitrogen and oxygen atoms in total. The van der Waals surface area contributed by atoms with Gasteiger partial charge in [-0.15, -0.1) is 11.3 Å². The average Bonchev–Trinajstić information content (AvgIpc) is 2.75. The topological polar surface area (TPSA) is 42.2 Å². The van der Waals surface area contributed by atoms with E-state index in [4.69, 9.17) is 5.73 Å². The molecule has 2 N–H and O–H groups in total. The minimum atomic E-state index is 0.941. The van der Waals surface area contributed by atoms with E-state index < -0.39 is 0 Å².